The van der Waals surface area contributed by atoms with Gasteiger partial charge in [-0.25, -0.2) is 0 Å². The van der Waals surface area contributed by atoms with Crippen LogP contribution in [0, 0.1) is 5.41 Å². The second-order valence-electron chi connectivity index (χ2n) is 5.83. The first-order valence-electron chi connectivity index (χ1n) is 7.61. The fraction of sp³-hybridized carbons (Fsp3) is 1.00. The Kier molecular flexibility index (Phi) is 6.50. The lowest BCUT2D eigenvalue weighted by atomic mass is 9.82. The molecule has 102 valence electrons. The first-order valence-corrected chi connectivity index (χ1v) is 7.61. The summed E-state index contributed by atoms with van der Waals surface area (Å²) in [6, 6.07) is 0.685. The fourth-order valence-corrected chi connectivity index (χ4v) is 3.12. The molecule has 0 saturated carbocycles. The predicted octanol–water partition coefficient (Wildman–Crippen LogP) is 3.28. The molecular formula is C15H32N2. The van der Waals surface area contributed by atoms with Crippen LogP contribution in [-0.2, 0) is 0 Å². The van der Waals surface area contributed by atoms with E-state index in [4.69, 9.17) is 0 Å². The Bertz CT molecular complexity index is 199. The van der Waals surface area contributed by atoms with Crippen LogP contribution in [0.3, 0.4) is 0 Å². The largest absolute Gasteiger partial charge is 0.315 e. The van der Waals surface area contributed by atoms with E-state index < -0.39 is 0 Å². The molecule has 1 atom stereocenters. The van der Waals surface area contributed by atoms with Crippen molar-refractivity contribution in [1.82, 2.24) is 10.2 Å². The molecule has 0 aromatic rings. The molecule has 1 saturated heterocycles. The van der Waals surface area contributed by atoms with E-state index in [9.17, 15) is 0 Å². The Morgan fingerprint density at radius 2 is 1.94 bits per heavy atom. The van der Waals surface area contributed by atoms with Crippen molar-refractivity contribution in [2.45, 2.75) is 65.8 Å². The highest BCUT2D eigenvalue weighted by Gasteiger charge is 2.34. The maximum absolute atomic E-state index is 3.49. The van der Waals surface area contributed by atoms with E-state index in [1.54, 1.807) is 0 Å². The van der Waals surface area contributed by atoms with Crippen LogP contribution in [0.25, 0.3) is 0 Å². The van der Waals surface area contributed by atoms with E-state index in [1.807, 2.05) is 0 Å². The molecule has 1 rings (SSSR count). The predicted molar refractivity (Wildman–Crippen MR) is 76.4 cm³/mol. The SMILES string of the molecule is CCNC(C)CCCN1CCC(CC)(CC)C1. The van der Waals surface area contributed by atoms with Gasteiger partial charge in [0.1, 0.15) is 0 Å². The average Bonchev–Trinajstić information content (AvgIpc) is 2.74. The minimum absolute atomic E-state index is 0.646. The lowest BCUT2D eigenvalue weighted by Crippen LogP contribution is -2.29. The number of rotatable bonds is 8. The van der Waals surface area contributed by atoms with Gasteiger partial charge in [-0.1, -0.05) is 20.8 Å². The van der Waals surface area contributed by atoms with Gasteiger partial charge in [-0.3, -0.25) is 0 Å². The summed E-state index contributed by atoms with van der Waals surface area (Å²) in [6.07, 6.45) is 6.79. The maximum Gasteiger partial charge on any atom is 0.00390 e. The second kappa shape index (κ2) is 7.38. The highest BCUT2D eigenvalue weighted by atomic mass is 15.2. The molecule has 0 aliphatic carbocycles. The van der Waals surface area contributed by atoms with Crippen molar-refractivity contribution in [2.24, 2.45) is 5.41 Å². The van der Waals surface area contributed by atoms with Gasteiger partial charge in [-0.15, -0.1) is 0 Å². The van der Waals surface area contributed by atoms with Crippen molar-refractivity contribution in [3.63, 3.8) is 0 Å². The summed E-state index contributed by atoms with van der Waals surface area (Å²) >= 11 is 0. The van der Waals surface area contributed by atoms with Crippen LogP contribution in [0.1, 0.15) is 59.8 Å². The number of nitrogens with one attached hydrogen (secondary N) is 1. The lowest BCUT2D eigenvalue weighted by Gasteiger charge is -2.26. The van der Waals surface area contributed by atoms with Crippen molar-refractivity contribution in [1.29, 1.82) is 0 Å². The van der Waals surface area contributed by atoms with E-state index in [1.165, 1.54) is 51.7 Å². The molecule has 2 nitrogen and oxygen atoms in total. The van der Waals surface area contributed by atoms with Crippen LogP contribution in [-0.4, -0.2) is 37.1 Å². The Morgan fingerprint density at radius 3 is 2.47 bits per heavy atom. The van der Waals surface area contributed by atoms with Gasteiger partial charge in [0.05, 0.1) is 0 Å². The number of nitrogens with zero attached hydrogens (tertiary/aromatic N) is 1. The van der Waals surface area contributed by atoms with Crippen molar-refractivity contribution in [3.8, 4) is 0 Å². The van der Waals surface area contributed by atoms with Crippen molar-refractivity contribution in [2.75, 3.05) is 26.2 Å². The van der Waals surface area contributed by atoms with Gasteiger partial charge in [0.25, 0.3) is 0 Å². The fourth-order valence-electron chi connectivity index (χ4n) is 3.12. The lowest BCUT2D eigenvalue weighted by molar-refractivity contribution is 0.236. The Labute approximate surface area is 108 Å². The highest BCUT2D eigenvalue weighted by Crippen LogP contribution is 2.36. The standard InChI is InChI=1S/C15H32N2/c1-5-15(6-2)10-12-17(13-15)11-8-9-14(4)16-7-3/h14,16H,5-13H2,1-4H3. The maximum atomic E-state index is 3.49. The summed E-state index contributed by atoms with van der Waals surface area (Å²) < 4.78 is 0. The molecular weight excluding hydrogens is 208 g/mol. The third-order valence-corrected chi connectivity index (χ3v) is 4.68. The quantitative estimate of drug-likeness (QED) is 0.700. The Hall–Kier alpha value is -0.0800. The van der Waals surface area contributed by atoms with Crippen LogP contribution in [0.5, 0.6) is 0 Å². The third-order valence-electron chi connectivity index (χ3n) is 4.68. The van der Waals surface area contributed by atoms with Crippen molar-refractivity contribution in [3.05, 3.63) is 0 Å². The van der Waals surface area contributed by atoms with Crippen LogP contribution >= 0.6 is 0 Å². The highest BCUT2D eigenvalue weighted by molar-refractivity contribution is 4.87. The number of hydrogen-bond donors (Lipinski definition) is 1. The molecule has 1 heterocycles. The van der Waals surface area contributed by atoms with Gasteiger partial charge >= 0.3 is 0 Å². The first-order chi connectivity index (χ1) is 8.15. The zero-order valence-corrected chi connectivity index (χ0v) is 12.4. The second-order valence-corrected chi connectivity index (χ2v) is 5.83. The van der Waals surface area contributed by atoms with Crippen LogP contribution in [0.15, 0.2) is 0 Å². The smallest absolute Gasteiger partial charge is 0.00390 e. The molecule has 1 unspecified atom stereocenters. The summed E-state index contributed by atoms with van der Waals surface area (Å²) in [7, 11) is 0. The zero-order chi connectivity index (χ0) is 12.7. The molecule has 0 spiro atoms. The monoisotopic (exact) mass is 240 g/mol. The summed E-state index contributed by atoms with van der Waals surface area (Å²) in [6.45, 7) is 14.3. The molecule has 0 amide bonds. The van der Waals surface area contributed by atoms with Crippen molar-refractivity contribution >= 4 is 0 Å². The van der Waals surface area contributed by atoms with E-state index >= 15 is 0 Å². The van der Waals surface area contributed by atoms with Gasteiger partial charge in [0.2, 0.25) is 0 Å². The topological polar surface area (TPSA) is 15.3 Å². The summed E-state index contributed by atoms with van der Waals surface area (Å²) in [5, 5.41) is 3.49. The third kappa shape index (κ3) is 4.59. The number of likely N-dealkylation sites (tertiary alicyclic amines) is 1. The molecule has 1 N–H and O–H groups in total. The first kappa shape index (κ1) is 15.0. The van der Waals surface area contributed by atoms with E-state index in [0.717, 1.165) is 6.54 Å². The van der Waals surface area contributed by atoms with Crippen LogP contribution in [0.4, 0.5) is 0 Å². The molecule has 0 aromatic carbocycles. The Morgan fingerprint density at radius 1 is 1.24 bits per heavy atom. The molecule has 17 heavy (non-hydrogen) atoms. The van der Waals surface area contributed by atoms with Gasteiger partial charge in [-0.05, 0) is 64.1 Å². The molecule has 0 radical (unpaired) electrons. The molecule has 2 heteroatoms. The zero-order valence-electron chi connectivity index (χ0n) is 12.4. The van der Waals surface area contributed by atoms with Gasteiger partial charge in [0.15, 0.2) is 0 Å². The molecule has 0 aromatic heterocycles. The number of hydrogen-bond acceptors (Lipinski definition) is 2. The summed E-state index contributed by atoms with van der Waals surface area (Å²) in [5.41, 5.74) is 0.646. The average molecular weight is 240 g/mol. The summed E-state index contributed by atoms with van der Waals surface area (Å²) in [4.78, 5) is 2.69. The van der Waals surface area contributed by atoms with E-state index in [2.05, 4.69) is 37.9 Å². The minimum atomic E-state index is 0.646. The molecule has 0 bridgehead atoms. The van der Waals surface area contributed by atoms with Gasteiger partial charge < -0.3 is 10.2 Å². The van der Waals surface area contributed by atoms with Crippen LogP contribution in [0.2, 0.25) is 0 Å². The molecule has 1 aliphatic heterocycles. The van der Waals surface area contributed by atoms with Crippen LogP contribution < -0.4 is 5.32 Å². The van der Waals surface area contributed by atoms with Gasteiger partial charge in [0, 0.05) is 12.6 Å². The van der Waals surface area contributed by atoms with Crippen molar-refractivity contribution < 1.29 is 0 Å². The van der Waals surface area contributed by atoms with E-state index in [-0.39, 0.29) is 0 Å². The molecule has 1 aliphatic rings. The minimum Gasteiger partial charge on any atom is -0.315 e. The van der Waals surface area contributed by atoms with E-state index in [0.29, 0.717) is 11.5 Å². The Balaban J connectivity index is 2.18. The van der Waals surface area contributed by atoms with Gasteiger partial charge in [-0.2, -0.15) is 0 Å². The molecule has 1 fully saturated rings. The summed E-state index contributed by atoms with van der Waals surface area (Å²) in [5.74, 6) is 0. The normalized spacial score (nSPS) is 21.9.